The average Bonchev–Trinajstić information content (AvgIpc) is 2.61. The molecule has 1 heterocycles. The molecule has 0 spiro atoms. The third-order valence-corrected chi connectivity index (χ3v) is 5.52. The predicted molar refractivity (Wildman–Crippen MR) is 96.5 cm³/mol. The summed E-state index contributed by atoms with van der Waals surface area (Å²) in [4.78, 5) is 16.8. The Bertz CT molecular complexity index is 541. The fourth-order valence-corrected chi connectivity index (χ4v) is 3.96. The molecular formula is C19H27ClN2O2. The number of ether oxygens (including phenoxy) is 1. The SMILES string of the molecule is C[C@@H]1CCC[C@H](N2CCN(C(=O)COc3ccc(Cl)cc3)CC2)C1. The summed E-state index contributed by atoms with van der Waals surface area (Å²) in [5.41, 5.74) is 0. The zero-order chi connectivity index (χ0) is 16.9. The summed E-state index contributed by atoms with van der Waals surface area (Å²) >= 11 is 5.85. The standard InChI is InChI=1S/C19H27ClN2O2/c1-15-3-2-4-17(13-15)21-9-11-22(12-10-21)19(23)14-24-18-7-5-16(20)6-8-18/h5-8,15,17H,2-4,9-14H2,1H3/t15-,17+/m1/s1. The van der Waals surface area contributed by atoms with E-state index in [0.29, 0.717) is 10.8 Å². The molecule has 132 valence electrons. The molecule has 1 saturated heterocycles. The molecule has 2 atom stereocenters. The van der Waals surface area contributed by atoms with Crippen LogP contribution in [0, 0.1) is 5.92 Å². The molecule has 1 aliphatic carbocycles. The molecule has 5 heteroatoms. The van der Waals surface area contributed by atoms with Crippen molar-refractivity contribution in [2.75, 3.05) is 32.8 Å². The molecule has 0 radical (unpaired) electrons. The number of nitrogens with zero attached hydrogens (tertiary/aromatic N) is 2. The lowest BCUT2D eigenvalue weighted by Crippen LogP contribution is -2.53. The Morgan fingerprint density at radius 1 is 1.17 bits per heavy atom. The van der Waals surface area contributed by atoms with E-state index < -0.39 is 0 Å². The maximum atomic E-state index is 12.3. The number of amides is 1. The van der Waals surface area contributed by atoms with Gasteiger partial charge in [0.25, 0.3) is 5.91 Å². The Morgan fingerprint density at radius 2 is 1.88 bits per heavy atom. The topological polar surface area (TPSA) is 32.8 Å². The Hall–Kier alpha value is -1.26. The second-order valence-corrected chi connectivity index (χ2v) is 7.52. The molecule has 24 heavy (non-hydrogen) atoms. The van der Waals surface area contributed by atoms with Crippen LogP contribution in [0.1, 0.15) is 32.6 Å². The molecule has 1 amide bonds. The van der Waals surface area contributed by atoms with Crippen molar-refractivity contribution in [1.29, 1.82) is 0 Å². The Morgan fingerprint density at radius 3 is 2.54 bits per heavy atom. The number of carbonyl (C=O) groups is 1. The minimum atomic E-state index is 0.0709. The lowest BCUT2D eigenvalue weighted by molar-refractivity contribution is -0.135. The van der Waals surface area contributed by atoms with Crippen LogP contribution >= 0.6 is 11.6 Å². The van der Waals surface area contributed by atoms with E-state index in [-0.39, 0.29) is 12.5 Å². The highest BCUT2D eigenvalue weighted by atomic mass is 35.5. The minimum Gasteiger partial charge on any atom is -0.484 e. The first kappa shape index (κ1) is 17.6. The van der Waals surface area contributed by atoms with Gasteiger partial charge in [-0.15, -0.1) is 0 Å². The second kappa shape index (κ2) is 8.21. The molecule has 2 aliphatic rings. The number of piperazine rings is 1. The van der Waals surface area contributed by atoms with Gasteiger partial charge in [0.05, 0.1) is 0 Å². The first-order valence-electron chi connectivity index (χ1n) is 9.02. The highest BCUT2D eigenvalue weighted by Crippen LogP contribution is 2.28. The summed E-state index contributed by atoms with van der Waals surface area (Å²) in [6, 6.07) is 7.84. The van der Waals surface area contributed by atoms with Crippen LogP contribution in [0.4, 0.5) is 0 Å². The molecule has 4 nitrogen and oxygen atoms in total. The van der Waals surface area contributed by atoms with E-state index in [9.17, 15) is 4.79 Å². The third kappa shape index (κ3) is 4.64. The largest absolute Gasteiger partial charge is 0.484 e. The molecule has 0 N–H and O–H groups in total. The number of hydrogen-bond acceptors (Lipinski definition) is 3. The van der Waals surface area contributed by atoms with E-state index >= 15 is 0 Å². The van der Waals surface area contributed by atoms with Crippen LogP contribution in [-0.2, 0) is 4.79 Å². The Labute approximate surface area is 149 Å². The summed E-state index contributed by atoms with van der Waals surface area (Å²) in [6.45, 7) is 6.07. The van der Waals surface area contributed by atoms with Crippen molar-refractivity contribution in [3.63, 3.8) is 0 Å². The monoisotopic (exact) mass is 350 g/mol. The second-order valence-electron chi connectivity index (χ2n) is 7.08. The van der Waals surface area contributed by atoms with Gasteiger partial charge in [-0.2, -0.15) is 0 Å². The van der Waals surface area contributed by atoms with Crippen LogP contribution in [-0.4, -0.2) is 54.5 Å². The molecule has 1 aliphatic heterocycles. The highest BCUT2D eigenvalue weighted by Gasteiger charge is 2.28. The van der Waals surface area contributed by atoms with Gasteiger partial charge in [0, 0.05) is 37.2 Å². The maximum absolute atomic E-state index is 12.3. The van der Waals surface area contributed by atoms with Crippen molar-refractivity contribution in [3.05, 3.63) is 29.3 Å². The van der Waals surface area contributed by atoms with Gasteiger partial charge in [-0.05, 0) is 43.0 Å². The first-order chi connectivity index (χ1) is 11.6. The van der Waals surface area contributed by atoms with E-state index in [1.54, 1.807) is 24.3 Å². The van der Waals surface area contributed by atoms with Crippen LogP contribution < -0.4 is 4.74 Å². The van der Waals surface area contributed by atoms with Crippen molar-refractivity contribution in [2.24, 2.45) is 5.92 Å². The molecule has 1 aromatic rings. The fourth-order valence-electron chi connectivity index (χ4n) is 3.84. The van der Waals surface area contributed by atoms with E-state index in [0.717, 1.165) is 38.1 Å². The number of rotatable bonds is 4. The molecule has 3 rings (SSSR count). The lowest BCUT2D eigenvalue weighted by Gasteiger charge is -2.42. The molecule has 0 aromatic heterocycles. The predicted octanol–water partition coefficient (Wildman–Crippen LogP) is 3.44. The van der Waals surface area contributed by atoms with Crippen LogP contribution in [0.15, 0.2) is 24.3 Å². The van der Waals surface area contributed by atoms with Crippen molar-refractivity contribution in [2.45, 2.75) is 38.6 Å². The number of carbonyl (C=O) groups excluding carboxylic acids is 1. The number of halogens is 1. The van der Waals surface area contributed by atoms with Gasteiger partial charge < -0.3 is 9.64 Å². The molecule has 2 fully saturated rings. The summed E-state index contributed by atoms with van der Waals surface area (Å²) in [5, 5.41) is 0.668. The van der Waals surface area contributed by atoms with Crippen molar-refractivity contribution >= 4 is 17.5 Å². The lowest BCUT2D eigenvalue weighted by atomic mass is 9.86. The van der Waals surface area contributed by atoms with E-state index in [1.165, 1.54) is 25.7 Å². The number of hydrogen-bond donors (Lipinski definition) is 0. The summed E-state index contributed by atoms with van der Waals surface area (Å²) in [6.07, 6.45) is 5.35. The Kier molecular flexibility index (Phi) is 6.01. The molecule has 0 bridgehead atoms. The van der Waals surface area contributed by atoms with E-state index in [1.807, 2.05) is 4.90 Å². The Balaban J connectivity index is 1.42. The highest BCUT2D eigenvalue weighted by molar-refractivity contribution is 6.30. The molecule has 1 aromatic carbocycles. The molecular weight excluding hydrogens is 324 g/mol. The van der Waals surface area contributed by atoms with Gasteiger partial charge >= 0.3 is 0 Å². The van der Waals surface area contributed by atoms with Gasteiger partial charge in [-0.25, -0.2) is 0 Å². The minimum absolute atomic E-state index is 0.0709. The van der Waals surface area contributed by atoms with Gasteiger partial charge in [0.2, 0.25) is 0 Å². The summed E-state index contributed by atoms with van der Waals surface area (Å²) in [5.74, 6) is 1.60. The van der Waals surface area contributed by atoms with E-state index in [4.69, 9.17) is 16.3 Å². The van der Waals surface area contributed by atoms with Crippen molar-refractivity contribution < 1.29 is 9.53 Å². The average molecular weight is 351 g/mol. The zero-order valence-corrected chi connectivity index (χ0v) is 15.2. The first-order valence-corrected chi connectivity index (χ1v) is 9.40. The van der Waals surface area contributed by atoms with E-state index in [2.05, 4.69) is 11.8 Å². The van der Waals surface area contributed by atoms with Crippen LogP contribution in [0.3, 0.4) is 0 Å². The number of benzene rings is 1. The van der Waals surface area contributed by atoms with Gasteiger partial charge in [-0.1, -0.05) is 31.4 Å². The fraction of sp³-hybridized carbons (Fsp3) is 0.632. The summed E-state index contributed by atoms with van der Waals surface area (Å²) < 4.78 is 5.57. The zero-order valence-electron chi connectivity index (χ0n) is 14.4. The molecule has 0 unspecified atom stereocenters. The van der Waals surface area contributed by atoms with Gasteiger partial charge in [0.15, 0.2) is 6.61 Å². The normalized spacial score (nSPS) is 25.5. The maximum Gasteiger partial charge on any atom is 0.260 e. The smallest absolute Gasteiger partial charge is 0.260 e. The van der Waals surface area contributed by atoms with Crippen LogP contribution in [0.5, 0.6) is 5.75 Å². The van der Waals surface area contributed by atoms with Crippen molar-refractivity contribution in [3.8, 4) is 5.75 Å². The summed E-state index contributed by atoms with van der Waals surface area (Å²) in [7, 11) is 0. The van der Waals surface area contributed by atoms with Crippen LogP contribution in [0.2, 0.25) is 5.02 Å². The van der Waals surface area contributed by atoms with Gasteiger partial charge in [-0.3, -0.25) is 9.69 Å². The van der Waals surface area contributed by atoms with Crippen molar-refractivity contribution in [1.82, 2.24) is 9.80 Å². The third-order valence-electron chi connectivity index (χ3n) is 5.27. The molecule has 1 saturated carbocycles. The quantitative estimate of drug-likeness (QED) is 0.833. The van der Waals surface area contributed by atoms with Gasteiger partial charge in [0.1, 0.15) is 5.75 Å². The van der Waals surface area contributed by atoms with Crippen LogP contribution in [0.25, 0.3) is 0 Å².